The number of aromatic nitrogens is 1. The Bertz CT molecular complexity index is 774. The Hall–Kier alpha value is -2.14. The van der Waals surface area contributed by atoms with Gasteiger partial charge in [0.05, 0.1) is 18.5 Å². The van der Waals surface area contributed by atoms with Gasteiger partial charge in [0.2, 0.25) is 0 Å². The van der Waals surface area contributed by atoms with Crippen molar-refractivity contribution in [1.82, 2.24) is 4.57 Å². The van der Waals surface area contributed by atoms with Crippen LogP contribution in [0.25, 0.3) is 11.1 Å². The highest BCUT2D eigenvalue weighted by Gasteiger charge is 2.08. The molecule has 102 valence electrons. The van der Waals surface area contributed by atoms with E-state index in [4.69, 9.17) is 9.15 Å². The number of hydrogen-bond acceptors (Lipinski definition) is 4. The fourth-order valence-electron chi connectivity index (χ4n) is 1.95. The lowest BCUT2D eigenvalue weighted by Gasteiger charge is -2.04. The minimum atomic E-state index is -0.327. The van der Waals surface area contributed by atoms with E-state index in [-0.39, 0.29) is 5.76 Å². The molecule has 1 heterocycles. The Labute approximate surface area is 120 Å². The van der Waals surface area contributed by atoms with Crippen LogP contribution in [0, 0.1) is 0 Å². The summed E-state index contributed by atoms with van der Waals surface area (Å²) >= 11 is 1.57. The van der Waals surface area contributed by atoms with Crippen LogP contribution in [0.3, 0.4) is 0 Å². The number of fused-ring (bicyclic) bond motifs is 1. The molecule has 0 amide bonds. The average molecular weight is 287 g/mol. The summed E-state index contributed by atoms with van der Waals surface area (Å²) < 4.78 is 11.9. The van der Waals surface area contributed by atoms with Crippen LogP contribution < -0.4 is 10.5 Å². The average Bonchev–Trinajstić information content (AvgIpc) is 2.81. The van der Waals surface area contributed by atoms with Gasteiger partial charge in [-0.05, 0) is 36.4 Å². The van der Waals surface area contributed by atoms with E-state index < -0.39 is 0 Å². The van der Waals surface area contributed by atoms with Gasteiger partial charge in [0.25, 0.3) is 0 Å². The normalized spacial score (nSPS) is 10.8. The first-order valence-corrected chi connectivity index (χ1v) is 7.12. The molecule has 3 aromatic rings. The summed E-state index contributed by atoms with van der Waals surface area (Å²) in [5.41, 5.74) is 1.44. The molecule has 0 aliphatic heterocycles. The van der Waals surface area contributed by atoms with E-state index in [1.807, 2.05) is 42.5 Å². The maximum atomic E-state index is 11.8. The second kappa shape index (κ2) is 5.46. The number of benzene rings is 2. The minimum Gasteiger partial charge on any atom is -0.497 e. The Morgan fingerprint density at radius 1 is 1.15 bits per heavy atom. The van der Waals surface area contributed by atoms with Gasteiger partial charge in [0.1, 0.15) is 5.75 Å². The molecule has 0 unspecified atom stereocenters. The standard InChI is InChI=1S/C15H13NO3S/c1-18-11-6-8-12(9-7-11)20-10-16-13-4-2-3-5-14(13)19-15(16)17/h2-9H,10H2,1H3. The molecule has 0 saturated carbocycles. The zero-order valence-electron chi connectivity index (χ0n) is 10.9. The van der Waals surface area contributed by atoms with E-state index in [1.165, 1.54) is 0 Å². The van der Waals surface area contributed by atoms with Crippen LogP contribution in [0.15, 0.2) is 62.6 Å². The van der Waals surface area contributed by atoms with Crippen LogP contribution in [0.1, 0.15) is 0 Å². The molecule has 0 fully saturated rings. The molecule has 0 aliphatic carbocycles. The number of ether oxygens (including phenoxy) is 1. The molecular formula is C15H13NO3S. The predicted octanol–water partition coefficient (Wildman–Crippen LogP) is 3.35. The summed E-state index contributed by atoms with van der Waals surface area (Å²) in [7, 11) is 1.64. The molecule has 0 spiro atoms. The Balaban J connectivity index is 1.82. The van der Waals surface area contributed by atoms with Crippen molar-refractivity contribution in [2.24, 2.45) is 0 Å². The Morgan fingerprint density at radius 2 is 1.90 bits per heavy atom. The Morgan fingerprint density at radius 3 is 2.65 bits per heavy atom. The fraction of sp³-hybridized carbons (Fsp3) is 0.133. The number of oxazole rings is 1. The molecule has 0 atom stereocenters. The second-order valence-electron chi connectivity index (χ2n) is 4.21. The van der Waals surface area contributed by atoms with Gasteiger partial charge in [-0.1, -0.05) is 12.1 Å². The second-order valence-corrected chi connectivity index (χ2v) is 5.23. The van der Waals surface area contributed by atoms with Crippen molar-refractivity contribution >= 4 is 22.9 Å². The monoisotopic (exact) mass is 287 g/mol. The summed E-state index contributed by atoms with van der Waals surface area (Å²) in [5.74, 6) is 1.01. The first-order chi connectivity index (χ1) is 9.78. The van der Waals surface area contributed by atoms with E-state index in [2.05, 4.69) is 0 Å². The maximum absolute atomic E-state index is 11.8. The van der Waals surface area contributed by atoms with Crippen LogP contribution in [0.5, 0.6) is 5.75 Å². The SMILES string of the molecule is COc1ccc(SCn2c(=O)oc3ccccc32)cc1. The molecule has 0 aliphatic rings. The van der Waals surface area contributed by atoms with Crippen LogP contribution in [-0.2, 0) is 5.88 Å². The van der Waals surface area contributed by atoms with Gasteiger partial charge < -0.3 is 9.15 Å². The lowest BCUT2D eigenvalue weighted by Crippen LogP contribution is -2.12. The molecule has 0 saturated heterocycles. The van der Waals surface area contributed by atoms with Gasteiger partial charge in [-0.25, -0.2) is 4.79 Å². The molecule has 0 bridgehead atoms. The van der Waals surface area contributed by atoms with Gasteiger partial charge in [0.15, 0.2) is 5.58 Å². The van der Waals surface area contributed by atoms with Crippen LogP contribution in [0.4, 0.5) is 0 Å². The summed E-state index contributed by atoms with van der Waals surface area (Å²) in [6.45, 7) is 0. The van der Waals surface area contributed by atoms with Crippen LogP contribution in [-0.4, -0.2) is 11.7 Å². The lowest BCUT2D eigenvalue weighted by molar-refractivity contribution is 0.414. The van der Waals surface area contributed by atoms with Crippen molar-refractivity contribution in [2.75, 3.05) is 7.11 Å². The number of para-hydroxylation sites is 2. The highest BCUT2D eigenvalue weighted by Crippen LogP contribution is 2.24. The maximum Gasteiger partial charge on any atom is 0.420 e. The first kappa shape index (κ1) is 12.9. The summed E-state index contributed by atoms with van der Waals surface area (Å²) in [4.78, 5) is 12.9. The quantitative estimate of drug-likeness (QED) is 0.690. The summed E-state index contributed by atoms with van der Waals surface area (Å²) in [6.07, 6.45) is 0. The Kier molecular flexibility index (Phi) is 3.52. The molecule has 3 rings (SSSR count). The first-order valence-electron chi connectivity index (χ1n) is 6.13. The molecule has 5 heteroatoms. The third kappa shape index (κ3) is 2.44. The van der Waals surface area contributed by atoms with Gasteiger partial charge in [-0.3, -0.25) is 4.57 Å². The number of rotatable bonds is 4. The van der Waals surface area contributed by atoms with Gasteiger partial charge >= 0.3 is 5.76 Å². The third-order valence-electron chi connectivity index (χ3n) is 2.99. The summed E-state index contributed by atoms with van der Waals surface area (Å²) in [5, 5.41) is 0. The lowest BCUT2D eigenvalue weighted by atomic mass is 10.3. The molecule has 1 aromatic heterocycles. The van der Waals surface area contributed by atoms with E-state index in [9.17, 15) is 4.79 Å². The zero-order valence-corrected chi connectivity index (χ0v) is 11.7. The molecule has 0 radical (unpaired) electrons. The molecule has 0 N–H and O–H groups in total. The van der Waals surface area contributed by atoms with E-state index >= 15 is 0 Å². The van der Waals surface area contributed by atoms with Crippen molar-refractivity contribution < 1.29 is 9.15 Å². The largest absolute Gasteiger partial charge is 0.497 e. The number of hydrogen-bond donors (Lipinski definition) is 0. The van der Waals surface area contributed by atoms with Crippen molar-refractivity contribution in [3.05, 3.63) is 59.1 Å². The van der Waals surface area contributed by atoms with E-state index in [0.717, 1.165) is 16.2 Å². The predicted molar refractivity (Wildman–Crippen MR) is 79.3 cm³/mol. The van der Waals surface area contributed by atoms with Crippen LogP contribution in [0.2, 0.25) is 0 Å². The van der Waals surface area contributed by atoms with Crippen molar-refractivity contribution in [2.45, 2.75) is 10.8 Å². The number of nitrogens with zero attached hydrogens (tertiary/aromatic N) is 1. The molecule has 20 heavy (non-hydrogen) atoms. The van der Waals surface area contributed by atoms with Crippen molar-refractivity contribution in [3.8, 4) is 5.75 Å². The zero-order chi connectivity index (χ0) is 13.9. The number of thioether (sulfide) groups is 1. The van der Waals surface area contributed by atoms with Gasteiger partial charge in [0, 0.05) is 4.90 Å². The van der Waals surface area contributed by atoms with Crippen LogP contribution >= 0.6 is 11.8 Å². The fourth-order valence-corrected chi connectivity index (χ4v) is 2.80. The smallest absolute Gasteiger partial charge is 0.420 e. The topological polar surface area (TPSA) is 44.4 Å². The molecule has 2 aromatic carbocycles. The summed E-state index contributed by atoms with van der Waals surface area (Å²) in [6, 6.07) is 15.2. The number of methoxy groups -OCH3 is 1. The van der Waals surface area contributed by atoms with Crippen molar-refractivity contribution in [3.63, 3.8) is 0 Å². The molecular weight excluding hydrogens is 274 g/mol. The third-order valence-corrected chi connectivity index (χ3v) is 3.99. The van der Waals surface area contributed by atoms with E-state index in [0.29, 0.717) is 11.5 Å². The van der Waals surface area contributed by atoms with Crippen molar-refractivity contribution in [1.29, 1.82) is 0 Å². The highest BCUT2D eigenvalue weighted by molar-refractivity contribution is 7.98. The minimum absolute atomic E-state index is 0.327. The van der Waals surface area contributed by atoms with E-state index in [1.54, 1.807) is 29.5 Å². The highest BCUT2D eigenvalue weighted by atomic mass is 32.2. The van der Waals surface area contributed by atoms with Gasteiger partial charge in [-0.15, -0.1) is 11.8 Å². The van der Waals surface area contributed by atoms with Gasteiger partial charge in [-0.2, -0.15) is 0 Å². The molecule has 4 nitrogen and oxygen atoms in total.